The number of hydrogen-bond donors (Lipinski definition) is 1. The van der Waals surface area contributed by atoms with E-state index in [9.17, 15) is 12.8 Å². The third kappa shape index (κ3) is 4.25. The van der Waals surface area contributed by atoms with Crippen LogP contribution < -0.4 is 4.72 Å². The van der Waals surface area contributed by atoms with E-state index in [0.29, 0.717) is 5.56 Å². The minimum absolute atomic E-state index is 0.155. The molecule has 2 heterocycles. The van der Waals surface area contributed by atoms with Crippen LogP contribution in [0, 0.1) is 5.82 Å². The highest BCUT2D eigenvalue weighted by atomic mass is 32.2. The Morgan fingerprint density at radius 3 is 2.62 bits per heavy atom. The molecule has 0 radical (unpaired) electrons. The Hall–Kier alpha value is -2.09. The van der Waals surface area contributed by atoms with E-state index in [4.69, 9.17) is 0 Å². The van der Waals surface area contributed by atoms with Crippen LogP contribution in [0.15, 0.2) is 59.4 Å². The summed E-state index contributed by atoms with van der Waals surface area (Å²) in [6, 6.07) is 11.0. The largest absolute Gasteiger partial charge is 0.256 e. The lowest BCUT2D eigenvalue weighted by molar-refractivity contribution is 0.580. The average molecular weight is 362 g/mol. The second kappa shape index (κ2) is 7.21. The quantitative estimate of drug-likeness (QED) is 0.729. The fourth-order valence-corrected chi connectivity index (χ4v) is 4.03. The van der Waals surface area contributed by atoms with Crippen LogP contribution >= 0.6 is 11.3 Å². The number of halogens is 1. The SMILES string of the molecule is O=S(=O)(Cc1ccc(F)cc1)NCc1cccnc1-c1ccsc1. The molecule has 0 spiro atoms. The number of rotatable bonds is 6. The molecule has 4 nitrogen and oxygen atoms in total. The summed E-state index contributed by atoms with van der Waals surface area (Å²) in [7, 11) is -3.53. The topological polar surface area (TPSA) is 59.1 Å². The molecule has 3 rings (SSSR count). The zero-order chi connectivity index (χ0) is 17.0. The Morgan fingerprint density at radius 1 is 1.12 bits per heavy atom. The Bertz CT molecular complexity index is 908. The summed E-state index contributed by atoms with van der Waals surface area (Å²) in [6.07, 6.45) is 1.68. The van der Waals surface area contributed by atoms with Crippen molar-refractivity contribution in [2.24, 2.45) is 0 Å². The van der Waals surface area contributed by atoms with Crippen molar-refractivity contribution in [3.8, 4) is 11.3 Å². The highest BCUT2D eigenvalue weighted by Crippen LogP contribution is 2.23. The fraction of sp³-hybridized carbons (Fsp3) is 0.118. The normalized spacial score (nSPS) is 11.5. The molecule has 0 bridgehead atoms. The van der Waals surface area contributed by atoms with Gasteiger partial charge in [0.05, 0.1) is 11.4 Å². The van der Waals surface area contributed by atoms with Crippen molar-refractivity contribution in [1.29, 1.82) is 0 Å². The molecule has 0 amide bonds. The summed E-state index contributed by atoms with van der Waals surface area (Å²) in [4.78, 5) is 4.35. The van der Waals surface area contributed by atoms with E-state index in [1.165, 1.54) is 24.3 Å². The molecule has 0 aliphatic carbocycles. The molecule has 1 aromatic carbocycles. The van der Waals surface area contributed by atoms with Gasteiger partial charge in [-0.1, -0.05) is 18.2 Å². The Balaban J connectivity index is 1.72. The van der Waals surface area contributed by atoms with Crippen LogP contribution in [0.5, 0.6) is 0 Å². The van der Waals surface area contributed by atoms with Gasteiger partial charge in [0.2, 0.25) is 10.0 Å². The van der Waals surface area contributed by atoms with Crippen LogP contribution in [0.3, 0.4) is 0 Å². The third-order valence-electron chi connectivity index (χ3n) is 3.44. The van der Waals surface area contributed by atoms with E-state index >= 15 is 0 Å². The number of nitrogens with one attached hydrogen (secondary N) is 1. The van der Waals surface area contributed by atoms with E-state index in [1.807, 2.05) is 22.9 Å². The highest BCUT2D eigenvalue weighted by molar-refractivity contribution is 7.88. The zero-order valence-corrected chi connectivity index (χ0v) is 14.3. The number of pyridine rings is 1. The first-order valence-corrected chi connectivity index (χ1v) is 9.81. The van der Waals surface area contributed by atoms with Gasteiger partial charge in [-0.2, -0.15) is 11.3 Å². The van der Waals surface area contributed by atoms with E-state index in [0.717, 1.165) is 16.8 Å². The predicted octanol–water partition coefficient (Wildman–Crippen LogP) is 3.57. The molecule has 1 N–H and O–H groups in total. The van der Waals surface area contributed by atoms with Crippen molar-refractivity contribution in [2.75, 3.05) is 0 Å². The van der Waals surface area contributed by atoms with Crippen LogP contribution in [-0.2, 0) is 22.3 Å². The van der Waals surface area contributed by atoms with E-state index < -0.39 is 10.0 Å². The number of aromatic nitrogens is 1. The molecule has 0 aliphatic rings. The number of sulfonamides is 1. The highest BCUT2D eigenvalue weighted by Gasteiger charge is 2.14. The summed E-state index contributed by atoms with van der Waals surface area (Å²) in [6.45, 7) is 0.155. The molecular formula is C17H15FN2O2S2. The van der Waals surface area contributed by atoms with Crippen molar-refractivity contribution >= 4 is 21.4 Å². The maximum absolute atomic E-state index is 12.9. The third-order valence-corrected chi connectivity index (χ3v) is 5.42. The standard InChI is InChI=1S/C17H15FN2O2S2/c18-16-5-3-13(4-6-16)12-24(21,22)20-10-14-2-1-8-19-17(14)15-7-9-23-11-15/h1-9,11,20H,10,12H2. The van der Waals surface area contributed by atoms with Gasteiger partial charge in [0.25, 0.3) is 0 Å². The van der Waals surface area contributed by atoms with Crippen molar-refractivity contribution in [3.05, 3.63) is 76.4 Å². The van der Waals surface area contributed by atoms with Gasteiger partial charge >= 0.3 is 0 Å². The van der Waals surface area contributed by atoms with E-state index in [2.05, 4.69) is 9.71 Å². The lowest BCUT2D eigenvalue weighted by Gasteiger charge is -2.10. The lowest BCUT2D eigenvalue weighted by atomic mass is 10.1. The van der Waals surface area contributed by atoms with Gasteiger partial charge in [-0.05, 0) is 40.8 Å². The van der Waals surface area contributed by atoms with Gasteiger partial charge in [-0.15, -0.1) is 0 Å². The maximum atomic E-state index is 12.9. The summed E-state index contributed by atoms with van der Waals surface area (Å²) >= 11 is 1.56. The molecule has 0 saturated carbocycles. The second-order valence-electron chi connectivity index (χ2n) is 5.23. The maximum Gasteiger partial charge on any atom is 0.216 e. The second-order valence-corrected chi connectivity index (χ2v) is 7.82. The van der Waals surface area contributed by atoms with Crippen molar-refractivity contribution in [2.45, 2.75) is 12.3 Å². The molecule has 0 saturated heterocycles. The molecule has 24 heavy (non-hydrogen) atoms. The lowest BCUT2D eigenvalue weighted by Crippen LogP contribution is -2.25. The first-order chi connectivity index (χ1) is 11.5. The molecule has 2 aromatic heterocycles. The Morgan fingerprint density at radius 2 is 1.92 bits per heavy atom. The van der Waals surface area contributed by atoms with Gasteiger partial charge in [0.15, 0.2) is 0 Å². The minimum Gasteiger partial charge on any atom is -0.256 e. The monoisotopic (exact) mass is 362 g/mol. The van der Waals surface area contributed by atoms with E-state index in [1.54, 1.807) is 23.6 Å². The van der Waals surface area contributed by atoms with E-state index in [-0.39, 0.29) is 18.1 Å². The summed E-state index contributed by atoms with van der Waals surface area (Å²) < 4.78 is 39.9. The first-order valence-electron chi connectivity index (χ1n) is 7.22. The fourth-order valence-electron chi connectivity index (χ4n) is 2.28. The molecule has 0 atom stereocenters. The van der Waals surface area contributed by atoms with Crippen LogP contribution in [0.1, 0.15) is 11.1 Å². The van der Waals surface area contributed by atoms with Crippen LogP contribution in [0.2, 0.25) is 0 Å². The van der Waals surface area contributed by atoms with Crippen LogP contribution in [0.4, 0.5) is 4.39 Å². The molecular weight excluding hydrogens is 347 g/mol. The van der Waals surface area contributed by atoms with Gasteiger partial charge in [-0.3, -0.25) is 4.98 Å². The van der Waals surface area contributed by atoms with Gasteiger partial charge in [0.1, 0.15) is 5.82 Å². The summed E-state index contributed by atoms with van der Waals surface area (Å²) in [5, 5.41) is 3.92. The molecule has 3 aromatic rings. The average Bonchev–Trinajstić information content (AvgIpc) is 3.10. The summed E-state index contributed by atoms with van der Waals surface area (Å²) in [5.41, 5.74) is 3.07. The molecule has 0 fully saturated rings. The van der Waals surface area contributed by atoms with Gasteiger partial charge < -0.3 is 0 Å². The Kier molecular flexibility index (Phi) is 5.03. The first kappa shape index (κ1) is 16.8. The minimum atomic E-state index is -3.53. The molecule has 0 unspecified atom stereocenters. The van der Waals surface area contributed by atoms with Gasteiger partial charge in [0, 0.05) is 23.7 Å². The number of hydrogen-bond acceptors (Lipinski definition) is 4. The zero-order valence-electron chi connectivity index (χ0n) is 12.6. The van der Waals surface area contributed by atoms with Crippen molar-refractivity contribution in [1.82, 2.24) is 9.71 Å². The molecule has 7 heteroatoms. The predicted molar refractivity (Wildman–Crippen MR) is 93.4 cm³/mol. The van der Waals surface area contributed by atoms with Gasteiger partial charge in [-0.25, -0.2) is 17.5 Å². The molecule has 124 valence electrons. The van der Waals surface area contributed by atoms with Crippen molar-refractivity contribution in [3.63, 3.8) is 0 Å². The molecule has 0 aliphatic heterocycles. The van der Waals surface area contributed by atoms with Crippen LogP contribution in [0.25, 0.3) is 11.3 Å². The number of nitrogens with zero attached hydrogens (tertiary/aromatic N) is 1. The number of benzene rings is 1. The number of thiophene rings is 1. The summed E-state index contributed by atoms with van der Waals surface area (Å²) in [5.74, 6) is -0.582. The van der Waals surface area contributed by atoms with Crippen LogP contribution in [-0.4, -0.2) is 13.4 Å². The smallest absolute Gasteiger partial charge is 0.216 e. The Labute approximate surface area is 144 Å². The van der Waals surface area contributed by atoms with Crippen molar-refractivity contribution < 1.29 is 12.8 Å².